The van der Waals surface area contributed by atoms with Crippen LogP contribution in [0.5, 0.6) is 0 Å². The van der Waals surface area contributed by atoms with Crippen LogP contribution < -0.4 is 0 Å². The number of carbonyl (C=O) groups excluding carboxylic acids is 1. The highest BCUT2D eigenvalue weighted by Gasteiger charge is 2.14. The second kappa shape index (κ2) is 6.63. The van der Waals surface area contributed by atoms with Gasteiger partial charge in [-0.05, 0) is 12.8 Å². The summed E-state index contributed by atoms with van der Waals surface area (Å²) in [5.74, 6) is -0.0701. The van der Waals surface area contributed by atoms with Crippen LogP contribution in [0.1, 0.15) is 51.9 Å². The molecular weight excluding hydrogens is 176 g/mol. The summed E-state index contributed by atoms with van der Waals surface area (Å²) in [6.07, 6.45) is 11.5. The fourth-order valence-electron chi connectivity index (χ4n) is 1.69. The Kier molecular flexibility index (Phi) is 5.35. The summed E-state index contributed by atoms with van der Waals surface area (Å²) in [5.41, 5.74) is 0. The van der Waals surface area contributed by atoms with Gasteiger partial charge in [-0.3, -0.25) is 4.79 Å². The number of esters is 1. The van der Waals surface area contributed by atoms with E-state index in [-0.39, 0.29) is 12.1 Å². The first kappa shape index (κ1) is 11.3. The molecule has 0 amide bonds. The van der Waals surface area contributed by atoms with Gasteiger partial charge >= 0.3 is 5.97 Å². The average Bonchev–Trinajstić information content (AvgIpc) is 2.38. The molecule has 0 aromatic carbocycles. The van der Waals surface area contributed by atoms with Gasteiger partial charge in [0.25, 0.3) is 0 Å². The number of cyclic esters (lactones) is 1. The van der Waals surface area contributed by atoms with Crippen molar-refractivity contribution in [1.82, 2.24) is 0 Å². The van der Waals surface area contributed by atoms with Gasteiger partial charge in [-0.2, -0.15) is 0 Å². The molecular formula is C12H20O2. The molecule has 0 aliphatic carbocycles. The van der Waals surface area contributed by atoms with Crippen LogP contribution in [0.25, 0.3) is 0 Å². The third-order valence-corrected chi connectivity index (χ3v) is 2.53. The van der Waals surface area contributed by atoms with Gasteiger partial charge in [-0.1, -0.05) is 38.3 Å². The molecule has 0 saturated carbocycles. The minimum absolute atomic E-state index is 0.0701. The molecule has 1 heterocycles. The highest BCUT2D eigenvalue weighted by molar-refractivity contribution is 5.71. The minimum Gasteiger partial charge on any atom is -0.462 e. The normalized spacial score (nSPS) is 21.8. The molecule has 1 aliphatic heterocycles. The van der Waals surface area contributed by atoms with Gasteiger partial charge in [0.15, 0.2) is 0 Å². The van der Waals surface area contributed by atoms with E-state index >= 15 is 0 Å². The molecule has 0 aromatic heterocycles. The fraction of sp³-hybridized carbons (Fsp3) is 0.750. The summed E-state index contributed by atoms with van der Waals surface area (Å²) in [6, 6.07) is 0. The van der Waals surface area contributed by atoms with Crippen molar-refractivity contribution in [3.8, 4) is 0 Å². The number of unbranched alkanes of at least 4 members (excludes halogenated alkanes) is 3. The van der Waals surface area contributed by atoms with Crippen molar-refractivity contribution >= 4 is 5.97 Å². The van der Waals surface area contributed by atoms with Crippen LogP contribution in [0.2, 0.25) is 0 Å². The molecule has 0 bridgehead atoms. The first-order chi connectivity index (χ1) is 6.83. The SMILES string of the molecule is CCCCCCC1CC=CCC(=O)O1. The maximum Gasteiger partial charge on any atom is 0.309 e. The number of carbonyl (C=O) groups is 1. The van der Waals surface area contributed by atoms with E-state index in [4.69, 9.17) is 4.74 Å². The van der Waals surface area contributed by atoms with Crippen molar-refractivity contribution in [3.05, 3.63) is 12.2 Å². The molecule has 0 radical (unpaired) electrons. The van der Waals surface area contributed by atoms with E-state index in [2.05, 4.69) is 13.0 Å². The van der Waals surface area contributed by atoms with Crippen LogP contribution >= 0.6 is 0 Å². The number of ether oxygens (including phenoxy) is 1. The highest BCUT2D eigenvalue weighted by Crippen LogP contribution is 2.15. The Labute approximate surface area is 86.3 Å². The van der Waals surface area contributed by atoms with Crippen molar-refractivity contribution in [2.24, 2.45) is 0 Å². The number of rotatable bonds is 5. The summed E-state index contributed by atoms with van der Waals surface area (Å²) in [7, 11) is 0. The van der Waals surface area contributed by atoms with E-state index < -0.39 is 0 Å². The molecule has 0 spiro atoms. The standard InChI is InChI=1S/C12H20O2/c1-2-3-4-5-8-11-9-6-7-10-12(13)14-11/h6-7,11H,2-5,8-10H2,1H3. The maximum atomic E-state index is 11.1. The van der Waals surface area contributed by atoms with Gasteiger partial charge in [-0.25, -0.2) is 0 Å². The van der Waals surface area contributed by atoms with Gasteiger partial charge in [0, 0.05) is 6.42 Å². The molecule has 1 unspecified atom stereocenters. The summed E-state index contributed by atoms with van der Waals surface area (Å²) >= 11 is 0. The summed E-state index contributed by atoms with van der Waals surface area (Å²) < 4.78 is 5.29. The van der Waals surface area contributed by atoms with Crippen molar-refractivity contribution in [2.45, 2.75) is 58.0 Å². The molecule has 2 nitrogen and oxygen atoms in total. The van der Waals surface area contributed by atoms with E-state index in [1.165, 1.54) is 25.7 Å². The lowest BCUT2D eigenvalue weighted by Gasteiger charge is -2.13. The van der Waals surface area contributed by atoms with Gasteiger partial charge in [-0.15, -0.1) is 0 Å². The van der Waals surface area contributed by atoms with Crippen molar-refractivity contribution in [3.63, 3.8) is 0 Å². The van der Waals surface area contributed by atoms with Gasteiger partial charge in [0.05, 0.1) is 6.42 Å². The lowest BCUT2D eigenvalue weighted by atomic mass is 10.1. The average molecular weight is 196 g/mol. The van der Waals surface area contributed by atoms with Crippen LogP contribution in [-0.2, 0) is 9.53 Å². The van der Waals surface area contributed by atoms with Crippen LogP contribution in [0.3, 0.4) is 0 Å². The Morgan fingerprint density at radius 3 is 3.00 bits per heavy atom. The van der Waals surface area contributed by atoms with Gasteiger partial charge in [0.2, 0.25) is 0 Å². The van der Waals surface area contributed by atoms with Crippen LogP contribution in [-0.4, -0.2) is 12.1 Å². The van der Waals surface area contributed by atoms with E-state index in [0.717, 1.165) is 12.8 Å². The van der Waals surface area contributed by atoms with E-state index in [9.17, 15) is 4.79 Å². The quantitative estimate of drug-likeness (QED) is 0.383. The van der Waals surface area contributed by atoms with Crippen LogP contribution in [0.4, 0.5) is 0 Å². The largest absolute Gasteiger partial charge is 0.462 e. The molecule has 0 N–H and O–H groups in total. The summed E-state index contributed by atoms with van der Waals surface area (Å²) in [5, 5.41) is 0. The zero-order valence-electron chi connectivity index (χ0n) is 9.00. The van der Waals surface area contributed by atoms with Gasteiger partial charge < -0.3 is 4.74 Å². The fourth-order valence-corrected chi connectivity index (χ4v) is 1.69. The maximum absolute atomic E-state index is 11.1. The lowest BCUT2D eigenvalue weighted by Crippen LogP contribution is -2.15. The summed E-state index contributed by atoms with van der Waals surface area (Å²) in [4.78, 5) is 11.1. The van der Waals surface area contributed by atoms with Crippen molar-refractivity contribution < 1.29 is 9.53 Å². The second-order valence-corrected chi connectivity index (χ2v) is 3.87. The third-order valence-electron chi connectivity index (χ3n) is 2.53. The molecule has 14 heavy (non-hydrogen) atoms. The number of hydrogen-bond donors (Lipinski definition) is 0. The third kappa shape index (κ3) is 4.45. The Balaban J connectivity index is 2.16. The molecule has 1 atom stereocenters. The molecule has 80 valence electrons. The highest BCUT2D eigenvalue weighted by atomic mass is 16.5. The van der Waals surface area contributed by atoms with Crippen molar-refractivity contribution in [1.29, 1.82) is 0 Å². The van der Waals surface area contributed by atoms with Crippen LogP contribution in [0, 0.1) is 0 Å². The molecule has 0 saturated heterocycles. The van der Waals surface area contributed by atoms with E-state index in [1.807, 2.05) is 6.08 Å². The van der Waals surface area contributed by atoms with Crippen LogP contribution in [0.15, 0.2) is 12.2 Å². The van der Waals surface area contributed by atoms with E-state index in [1.54, 1.807) is 0 Å². The molecule has 2 heteroatoms. The molecule has 0 fully saturated rings. The van der Waals surface area contributed by atoms with Crippen molar-refractivity contribution in [2.75, 3.05) is 0 Å². The Morgan fingerprint density at radius 1 is 1.36 bits per heavy atom. The lowest BCUT2D eigenvalue weighted by molar-refractivity contribution is -0.147. The molecule has 0 aromatic rings. The molecule has 1 aliphatic rings. The Morgan fingerprint density at radius 2 is 2.21 bits per heavy atom. The Hall–Kier alpha value is -0.790. The first-order valence-electron chi connectivity index (χ1n) is 5.67. The predicted molar refractivity (Wildman–Crippen MR) is 57.0 cm³/mol. The topological polar surface area (TPSA) is 26.3 Å². The zero-order chi connectivity index (χ0) is 10.2. The van der Waals surface area contributed by atoms with E-state index in [0.29, 0.717) is 6.42 Å². The monoisotopic (exact) mass is 196 g/mol. The molecule has 1 rings (SSSR count). The Bertz CT molecular complexity index is 196. The summed E-state index contributed by atoms with van der Waals surface area (Å²) in [6.45, 7) is 2.20. The predicted octanol–water partition coefficient (Wildman–Crippen LogP) is 3.22. The second-order valence-electron chi connectivity index (χ2n) is 3.87. The minimum atomic E-state index is -0.0701. The number of hydrogen-bond acceptors (Lipinski definition) is 2. The zero-order valence-corrected chi connectivity index (χ0v) is 9.00. The van der Waals surface area contributed by atoms with Gasteiger partial charge in [0.1, 0.15) is 6.10 Å². The first-order valence-corrected chi connectivity index (χ1v) is 5.67. The smallest absolute Gasteiger partial charge is 0.309 e.